The van der Waals surface area contributed by atoms with Crippen LogP contribution in [-0.4, -0.2) is 33.0 Å². The van der Waals surface area contributed by atoms with Crippen LogP contribution in [0.3, 0.4) is 0 Å². The van der Waals surface area contributed by atoms with Crippen LogP contribution in [-0.2, 0) is 0 Å². The first-order valence-electron chi connectivity index (χ1n) is 12.2. The Kier molecular flexibility index (Phi) is 5.91. The SMILES string of the molecule is CC1CNC(c2ncc(C#Cc3ccc4sc(C#Cc5cnc(C6CC(C)CN6)[nH]5)cc4c3)[nH]2)C1. The number of rotatable bonds is 2. The Hall–Kier alpha value is -3.36. The summed E-state index contributed by atoms with van der Waals surface area (Å²) in [6.45, 7) is 6.61. The predicted octanol–water partition coefficient (Wildman–Crippen LogP) is 4.49. The minimum absolute atomic E-state index is 0.304. The molecule has 7 heteroatoms. The molecule has 1 aromatic carbocycles. The van der Waals surface area contributed by atoms with Gasteiger partial charge in [0.05, 0.1) is 29.4 Å². The van der Waals surface area contributed by atoms with Gasteiger partial charge in [-0.2, -0.15) is 0 Å². The molecule has 2 aliphatic heterocycles. The maximum atomic E-state index is 4.53. The van der Waals surface area contributed by atoms with Crippen molar-refractivity contribution in [3.8, 4) is 23.7 Å². The maximum Gasteiger partial charge on any atom is 0.124 e. The number of nitrogens with one attached hydrogen (secondary N) is 4. The van der Waals surface area contributed by atoms with Gasteiger partial charge in [0.15, 0.2) is 0 Å². The van der Waals surface area contributed by atoms with Crippen LogP contribution in [0.5, 0.6) is 0 Å². The standard InChI is InChI=1S/C28H28N6S/c1-17-9-24(29-13-17)27-31-15-21(33-27)5-3-19-4-8-26-20(11-19)12-23(35-26)7-6-22-16-32-28(34-22)25-10-18(2)14-30-25/h4,8,11-12,15-18,24-25,29-30H,9-10,13-14H2,1-2H3,(H,31,33)(H,32,34). The zero-order chi connectivity index (χ0) is 23.8. The highest BCUT2D eigenvalue weighted by Crippen LogP contribution is 2.27. The van der Waals surface area contributed by atoms with Gasteiger partial charge in [-0.15, -0.1) is 11.3 Å². The molecular formula is C28H28N6S. The summed E-state index contributed by atoms with van der Waals surface area (Å²) >= 11 is 1.70. The first-order chi connectivity index (χ1) is 17.1. The maximum absolute atomic E-state index is 4.53. The fraction of sp³-hybridized carbons (Fsp3) is 0.357. The summed E-state index contributed by atoms with van der Waals surface area (Å²) in [5, 5.41) is 8.18. The van der Waals surface area contributed by atoms with Gasteiger partial charge in [0, 0.05) is 10.3 Å². The number of H-pyrrole nitrogens is 2. The van der Waals surface area contributed by atoms with E-state index in [0.29, 0.717) is 23.9 Å². The monoisotopic (exact) mass is 480 g/mol. The number of thiophene rings is 1. The summed E-state index contributed by atoms with van der Waals surface area (Å²) in [5.74, 6) is 16.4. The zero-order valence-electron chi connectivity index (χ0n) is 19.9. The summed E-state index contributed by atoms with van der Waals surface area (Å²) in [4.78, 5) is 16.8. The van der Waals surface area contributed by atoms with Gasteiger partial charge in [0.1, 0.15) is 23.0 Å². The highest BCUT2D eigenvalue weighted by atomic mass is 32.1. The molecule has 2 fully saturated rings. The molecule has 0 amide bonds. The van der Waals surface area contributed by atoms with Crippen molar-refractivity contribution in [1.82, 2.24) is 30.6 Å². The second kappa shape index (κ2) is 9.36. The molecule has 3 aromatic heterocycles. The lowest BCUT2D eigenvalue weighted by molar-refractivity contribution is 0.587. The van der Waals surface area contributed by atoms with Crippen molar-refractivity contribution in [1.29, 1.82) is 0 Å². The van der Waals surface area contributed by atoms with Crippen molar-refractivity contribution < 1.29 is 0 Å². The first kappa shape index (κ1) is 22.1. The van der Waals surface area contributed by atoms with E-state index in [2.05, 4.69) is 92.4 Å². The highest BCUT2D eigenvalue weighted by Gasteiger charge is 2.24. The molecule has 5 heterocycles. The summed E-state index contributed by atoms with van der Waals surface area (Å²) < 4.78 is 1.21. The van der Waals surface area contributed by atoms with Gasteiger partial charge < -0.3 is 20.6 Å². The number of imidazole rings is 2. The lowest BCUT2D eigenvalue weighted by atomic mass is 10.1. The van der Waals surface area contributed by atoms with Crippen LogP contribution in [0.4, 0.5) is 0 Å². The number of hydrogen-bond acceptors (Lipinski definition) is 5. The van der Waals surface area contributed by atoms with Gasteiger partial charge in [-0.3, -0.25) is 0 Å². The fourth-order valence-corrected chi connectivity index (χ4v) is 5.74. The zero-order valence-corrected chi connectivity index (χ0v) is 20.7. The topological polar surface area (TPSA) is 81.4 Å². The van der Waals surface area contributed by atoms with Crippen LogP contribution in [0.2, 0.25) is 0 Å². The van der Waals surface area contributed by atoms with Gasteiger partial charge in [0.2, 0.25) is 0 Å². The average Bonchev–Trinajstić information content (AvgIpc) is 3.66. The molecule has 0 radical (unpaired) electrons. The normalized spacial score (nSPS) is 23.7. The molecule has 2 saturated heterocycles. The Labute approximate surface area is 209 Å². The fourth-order valence-electron chi connectivity index (χ4n) is 4.85. The second-order valence-electron chi connectivity index (χ2n) is 9.83. The Bertz CT molecular complexity index is 1410. The van der Waals surface area contributed by atoms with E-state index in [1.165, 1.54) is 4.70 Å². The molecule has 4 unspecified atom stereocenters. The van der Waals surface area contributed by atoms with Crippen LogP contribution < -0.4 is 10.6 Å². The molecule has 0 saturated carbocycles. The van der Waals surface area contributed by atoms with Crippen molar-refractivity contribution in [3.05, 3.63) is 70.1 Å². The third kappa shape index (κ3) is 4.90. The number of benzene rings is 1. The molecule has 176 valence electrons. The van der Waals surface area contributed by atoms with Crippen molar-refractivity contribution in [2.75, 3.05) is 13.1 Å². The Morgan fingerprint density at radius 2 is 1.43 bits per heavy atom. The molecule has 35 heavy (non-hydrogen) atoms. The minimum Gasteiger partial charge on any atom is -0.334 e. The molecule has 4 aromatic rings. The van der Waals surface area contributed by atoms with Gasteiger partial charge in [-0.1, -0.05) is 19.8 Å². The molecule has 2 aliphatic rings. The van der Waals surface area contributed by atoms with E-state index in [0.717, 1.165) is 64.8 Å². The average molecular weight is 481 g/mol. The van der Waals surface area contributed by atoms with Gasteiger partial charge >= 0.3 is 0 Å². The smallest absolute Gasteiger partial charge is 0.124 e. The van der Waals surface area contributed by atoms with E-state index in [1.807, 2.05) is 12.4 Å². The van der Waals surface area contributed by atoms with Crippen LogP contribution >= 0.6 is 11.3 Å². The Morgan fingerprint density at radius 1 is 0.800 bits per heavy atom. The van der Waals surface area contributed by atoms with Crippen LogP contribution in [0.1, 0.15) is 72.3 Å². The molecule has 4 N–H and O–H groups in total. The van der Waals surface area contributed by atoms with Gasteiger partial charge in [-0.05, 0) is 85.2 Å². The lowest BCUT2D eigenvalue weighted by Crippen LogP contribution is -2.14. The summed E-state index contributed by atoms with van der Waals surface area (Å²) in [6, 6.07) is 9.06. The van der Waals surface area contributed by atoms with Crippen molar-refractivity contribution in [2.45, 2.75) is 38.8 Å². The molecular weight excluding hydrogens is 452 g/mol. The van der Waals surface area contributed by atoms with Crippen LogP contribution in [0.15, 0.2) is 36.7 Å². The van der Waals surface area contributed by atoms with Crippen molar-refractivity contribution in [3.63, 3.8) is 0 Å². The first-order valence-corrected chi connectivity index (χ1v) is 13.0. The van der Waals surface area contributed by atoms with E-state index in [9.17, 15) is 0 Å². The molecule has 0 spiro atoms. The highest BCUT2D eigenvalue weighted by molar-refractivity contribution is 7.19. The van der Waals surface area contributed by atoms with Gasteiger partial charge in [0.25, 0.3) is 0 Å². The number of aromatic nitrogens is 4. The van der Waals surface area contributed by atoms with Crippen LogP contribution in [0, 0.1) is 35.5 Å². The summed E-state index contributed by atoms with van der Waals surface area (Å²) in [7, 11) is 0. The second-order valence-corrected chi connectivity index (χ2v) is 10.9. The van der Waals surface area contributed by atoms with Crippen molar-refractivity contribution >= 4 is 21.4 Å². The van der Waals surface area contributed by atoms with E-state index in [-0.39, 0.29) is 0 Å². The summed E-state index contributed by atoms with van der Waals surface area (Å²) in [5.41, 5.74) is 2.68. The quantitative estimate of drug-likeness (QED) is 0.319. The lowest BCUT2D eigenvalue weighted by Gasteiger charge is -2.05. The summed E-state index contributed by atoms with van der Waals surface area (Å²) in [6.07, 6.45) is 5.88. The number of fused-ring (bicyclic) bond motifs is 1. The van der Waals surface area contributed by atoms with E-state index in [4.69, 9.17) is 0 Å². The largest absolute Gasteiger partial charge is 0.334 e. The van der Waals surface area contributed by atoms with E-state index >= 15 is 0 Å². The third-order valence-electron chi connectivity index (χ3n) is 6.73. The predicted molar refractivity (Wildman–Crippen MR) is 140 cm³/mol. The Morgan fingerprint density at radius 3 is 2.03 bits per heavy atom. The third-order valence-corrected chi connectivity index (χ3v) is 7.76. The van der Waals surface area contributed by atoms with E-state index < -0.39 is 0 Å². The van der Waals surface area contributed by atoms with E-state index in [1.54, 1.807) is 11.3 Å². The number of nitrogens with zero attached hydrogens (tertiary/aromatic N) is 2. The number of hydrogen-bond donors (Lipinski definition) is 4. The molecule has 0 bridgehead atoms. The molecule has 6 nitrogen and oxygen atoms in total. The van der Waals surface area contributed by atoms with Crippen molar-refractivity contribution in [2.24, 2.45) is 11.8 Å². The molecule has 0 aliphatic carbocycles. The molecule has 6 rings (SSSR count). The Balaban J connectivity index is 1.15. The minimum atomic E-state index is 0.304. The van der Waals surface area contributed by atoms with Crippen LogP contribution in [0.25, 0.3) is 10.1 Å². The van der Waals surface area contributed by atoms with Gasteiger partial charge in [-0.25, -0.2) is 9.97 Å². The molecule has 4 atom stereocenters. The number of aromatic amines is 2.